The minimum atomic E-state index is -1.04. The third kappa shape index (κ3) is 4.41. The van der Waals surface area contributed by atoms with Crippen molar-refractivity contribution >= 4 is 17.5 Å². The van der Waals surface area contributed by atoms with Gasteiger partial charge in [-0.05, 0) is 17.7 Å². The topological polar surface area (TPSA) is 164 Å². The number of carbonyl (C=O) groups excluding carboxylic acids is 2. The molecule has 29 heavy (non-hydrogen) atoms. The number of H-pyrrole nitrogens is 1. The van der Waals surface area contributed by atoms with Gasteiger partial charge in [0, 0.05) is 17.7 Å². The number of hydrogen-bond donors (Lipinski definition) is 5. The Morgan fingerprint density at radius 1 is 1.07 bits per heavy atom. The zero-order valence-corrected chi connectivity index (χ0v) is 15.3. The summed E-state index contributed by atoms with van der Waals surface area (Å²) in [6.45, 7) is 0. The summed E-state index contributed by atoms with van der Waals surface area (Å²) in [6.07, 6.45) is 0.344. The fourth-order valence-corrected chi connectivity index (χ4v) is 2.84. The maximum absolute atomic E-state index is 12.0. The Morgan fingerprint density at radius 3 is 2.38 bits per heavy atom. The second kappa shape index (κ2) is 8.26. The number of carbonyl (C=O) groups is 2. The second-order valence-electron chi connectivity index (χ2n) is 6.31. The van der Waals surface area contributed by atoms with Crippen LogP contribution in [0, 0.1) is 0 Å². The van der Waals surface area contributed by atoms with E-state index >= 15 is 0 Å². The number of aromatic amines is 1. The van der Waals surface area contributed by atoms with E-state index in [-0.39, 0.29) is 5.82 Å². The Balaban J connectivity index is 2.00. The number of nitrogens with two attached hydrogens (primary N) is 2. The van der Waals surface area contributed by atoms with Gasteiger partial charge in [-0.25, -0.2) is 4.98 Å². The lowest BCUT2D eigenvalue weighted by Crippen LogP contribution is -2.37. The number of nitrogens with one attached hydrogen (secondary N) is 2. The highest BCUT2D eigenvalue weighted by molar-refractivity contribution is 5.94. The Bertz CT molecular complexity index is 1110. The van der Waals surface area contributed by atoms with E-state index in [0.29, 0.717) is 17.7 Å². The molecular weight excluding hydrogens is 374 g/mol. The number of para-hydroxylation sites is 1. The number of aromatic hydroxyl groups is 1. The van der Waals surface area contributed by atoms with Crippen molar-refractivity contribution in [3.63, 3.8) is 0 Å². The maximum atomic E-state index is 12.0. The average Bonchev–Trinajstić information content (AvgIpc) is 2.70. The highest BCUT2D eigenvalue weighted by Crippen LogP contribution is 2.26. The Kier molecular flexibility index (Phi) is 5.59. The summed E-state index contributed by atoms with van der Waals surface area (Å²) >= 11 is 0. The lowest BCUT2D eigenvalue weighted by atomic mass is 10.0. The highest BCUT2D eigenvalue weighted by Gasteiger charge is 2.20. The molecule has 2 aromatic carbocycles. The molecule has 3 rings (SSSR count). The molecule has 7 N–H and O–H groups in total. The van der Waals surface area contributed by atoms with E-state index in [1.807, 2.05) is 30.3 Å². The molecule has 1 heterocycles. The zero-order valence-electron chi connectivity index (χ0n) is 15.3. The average molecular weight is 393 g/mol. The second-order valence-corrected chi connectivity index (χ2v) is 6.31. The van der Waals surface area contributed by atoms with Gasteiger partial charge in [0.25, 0.3) is 11.5 Å². The van der Waals surface area contributed by atoms with Gasteiger partial charge in [-0.1, -0.05) is 42.5 Å². The van der Waals surface area contributed by atoms with Crippen molar-refractivity contribution in [2.75, 3.05) is 5.32 Å². The molecule has 0 unspecified atom stereocenters. The SMILES string of the molecule is NC(=O)c1nc(-c2ccccc2N[C@@H](Cc2ccccc2)C(N)=O)[nH]c(=O)c1O. The highest BCUT2D eigenvalue weighted by atomic mass is 16.3. The molecular formula is C20H19N5O4. The van der Waals surface area contributed by atoms with E-state index in [4.69, 9.17) is 11.5 Å². The van der Waals surface area contributed by atoms with Crippen molar-refractivity contribution in [3.8, 4) is 17.1 Å². The van der Waals surface area contributed by atoms with Gasteiger partial charge in [0.15, 0.2) is 5.69 Å². The number of anilines is 1. The molecule has 0 saturated carbocycles. The first kappa shape index (κ1) is 19.6. The van der Waals surface area contributed by atoms with E-state index in [0.717, 1.165) is 5.56 Å². The summed E-state index contributed by atoms with van der Waals surface area (Å²) in [4.78, 5) is 41.8. The third-order valence-corrected chi connectivity index (χ3v) is 4.27. The number of hydrogen-bond acceptors (Lipinski definition) is 6. The molecule has 2 amide bonds. The Hall–Kier alpha value is -4.14. The summed E-state index contributed by atoms with van der Waals surface area (Å²) in [6, 6.07) is 15.3. The van der Waals surface area contributed by atoms with Gasteiger partial charge in [-0.2, -0.15) is 0 Å². The molecule has 0 bridgehead atoms. The molecule has 0 aliphatic rings. The number of nitrogens with zero attached hydrogens (tertiary/aromatic N) is 1. The van der Waals surface area contributed by atoms with Gasteiger partial charge in [-0.3, -0.25) is 14.4 Å². The summed E-state index contributed by atoms with van der Waals surface area (Å²) in [5.41, 5.74) is 11.0. The number of primary amides is 2. The molecule has 148 valence electrons. The predicted octanol–water partition coefficient (Wildman–Crippen LogP) is 0.750. The Labute approximate surface area is 165 Å². The Morgan fingerprint density at radius 2 is 1.72 bits per heavy atom. The molecule has 0 radical (unpaired) electrons. The van der Waals surface area contributed by atoms with Gasteiger partial charge < -0.3 is 26.9 Å². The van der Waals surface area contributed by atoms with Crippen LogP contribution in [0.15, 0.2) is 59.4 Å². The van der Waals surface area contributed by atoms with Crippen LogP contribution in [-0.2, 0) is 11.2 Å². The molecule has 3 aromatic rings. The first-order valence-electron chi connectivity index (χ1n) is 8.69. The van der Waals surface area contributed by atoms with Gasteiger partial charge in [0.2, 0.25) is 11.7 Å². The van der Waals surface area contributed by atoms with Crippen molar-refractivity contribution in [3.05, 3.63) is 76.2 Å². The van der Waals surface area contributed by atoms with Crippen molar-refractivity contribution < 1.29 is 14.7 Å². The van der Waals surface area contributed by atoms with Crippen LogP contribution in [0.5, 0.6) is 5.75 Å². The van der Waals surface area contributed by atoms with E-state index < -0.39 is 34.9 Å². The van der Waals surface area contributed by atoms with E-state index in [1.165, 1.54) is 0 Å². The van der Waals surface area contributed by atoms with Crippen LogP contribution >= 0.6 is 0 Å². The molecule has 0 fully saturated rings. The normalized spacial score (nSPS) is 11.6. The smallest absolute Gasteiger partial charge is 0.294 e. The fourth-order valence-electron chi connectivity index (χ4n) is 2.84. The lowest BCUT2D eigenvalue weighted by Gasteiger charge is -2.19. The standard InChI is InChI=1S/C20H19N5O4/c21-17(27)14(10-11-6-2-1-3-7-11)23-13-9-5-4-8-12(13)19-24-15(18(22)28)16(26)20(29)25-19/h1-9,14,23,26H,10H2,(H2,21,27)(H2,22,28)(H,24,25,29)/t14-/m0/s1. The van der Waals surface area contributed by atoms with Crippen LogP contribution in [0.1, 0.15) is 16.1 Å². The maximum Gasteiger partial charge on any atom is 0.294 e. The quantitative estimate of drug-likeness (QED) is 0.397. The zero-order chi connectivity index (χ0) is 21.0. The van der Waals surface area contributed by atoms with Crippen molar-refractivity contribution in [2.45, 2.75) is 12.5 Å². The van der Waals surface area contributed by atoms with Crippen molar-refractivity contribution in [2.24, 2.45) is 11.5 Å². The number of amides is 2. The molecule has 0 saturated heterocycles. The van der Waals surface area contributed by atoms with Crippen LogP contribution < -0.4 is 22.3 Å². The van der Waals surface area contributed by atoms with Gasteiger partial charge in [0.05, 0.1) is 0 Å². The fraction of sp³-hybridized carbons (Fsp3) is 0.100. The minimum absolute atomic E-state index is 0.00707. The van der Waals surface area contributed by atoms with Gasteiger partial charge in [-0.15, -0.1) is 0 Å². The summed E-state index contributed by atoms with van der Waals surface area (Å²) in [5, 5.41) is 12.8. The van der Waals surface area contributed by atoms with Gasteiger partial charge >= 0.3 is 0 Å². The monoisotopic (exact) mass is 393 g/mol. The van der Waals surface area contributed by atoms with Crippen molar-refractivity contribution in [1.29, 1.82) is 0 Å². The summed E-state index contributed by atoms with van der Waals surface area (Å²) in [7, 11) is 0. The number of rotatable bonds is 7. The molecule has 9 heteroatoms. The van der Waals surface area contributed by atoms with Crippen LogP contribution in [0.3, 0.4) is 0 Å². The number of benzene rings is 2. The first-order chi connectivity index (χ1) is 13.9. The van der Waals surface area contributed by atoms with E-state index in [2.05, 4.69) is 15.3 Å². The van der Waals surface area contributed by atoms with E-state index in [9.17, 15) is 19.5 Å². The molecule has 9 nitrogen and oxygen atoms in total. The molecule has 0 aliphatic heterocycles. The molecule has 1 atom stereocenters. The largest absolute Gasteiger partial charge is 0.501 e. The minimum Gasteiger partial charge on any atom is -0.501 e. The van der Waals surface area contributed by atoms with E-state index in [1.54, 1.807) is 24.3 Å². The lowest BCUT2D eigenvalue weighted by molar-refractivity contribution is -0.118. The van der Waals surface area contributed by atoms with Crippen LogP contribution in [0.2, 0.25) is 0 Å². The van der Waals surface area contributed by atoms with Gasteiger partial charge in [0.1, 0.15) is 11.9 Å². The first-order valence-corrected chi connectivity index (χ1v) is 8.69. The predicted molar refractivity (Wildman–Crippen MR) is 107 cm³/mol. The van der Waals surface area contributed by atoms with Crippen LogP contribution in [-0.4, -0.2) is 32.9 Å². The molecule has 0 aliphatic carbocycles. The summed E-state index contributed by atoms with van der Waals surface area (Å²) < 4.78 is 0. The van der Waals surface area contributed by atoms with Crippen LogP contribution in [0.25, 0.3) is 11.4 Å². The molecule has 0 spiro atoms. The summed E-state index contributed by atoms with van der Waals surface area (Å²) in [5.74, 6) is -2.45. The number of aromatic nitrogens is 2. The van der Waals surface area contributed by atoms with Crippen molar-refractivity contribution in [1.82, 2.24) is 9.97 Å². The van der Waals surface area contributed by atoms with Crippen LogP contribution in [0.4, 0.5) is 5.69 Å². The molecule has 1 aromatic heterocycles. The third-order valence-electron chi connectivity index (χ3n) is 4.27.